The number of hydrogen-bond donors (Lipinski definition) is 1. The number of aromatic hydroxyl groups is 1. The fourth-order valence-electron chi connectivity index (χ4n) is 2.02. The van der Waals surface area contributed by atoms with E-state index in [-0.39, 0.29) is 16.7 Å². The fraction of sp³-hybridized carbons (Fsp3) is 0.200. The van der Waals surface area contributed by atoms with Crippen LogP contribution in [0.5, 0.6) is 5.75 Å². The van der Waals surface area contributed by atoms with Gasteiger partial charge < -0.3 is 9.84 Å². The van der Waals surface area contributed by atoms with Crippen LogP contribution >= 0.6 is 11.3 Å². The van der Waals surface area contributed by atoms with Crippen molar-refractivity contribution in [2.75, 3.05) is 0 Å². The second-order valence-electron chi connectivity index (χ2n) is 4.77. The molecule has 0 radical (unpaired) electrons. The predicted octanol–water partition coefficient (Wildman–Crippen LogP) is 3.72. The number of para-hydroxylation sites is 1. The zero-order chi connectivity index (χ0) is 14.3. The summed E-state index contributed by atoms with van der Waals surface area (Å²) in [6, 6.07) is 9.48. The van der Waals surface area contributed by atoms with Crippen molar-refractivity contribution in [1.82, 2.24) is 4.98 Å². The summed E-state index contributed by atoms with van der Waals surface area (Å²) in [5.41, 5.74) is 0.838. The molecule has 2 heterocycles. The molecule has 0 amide bonds. The van der Waals surface area contributed by atoms with Gasteiger partial charge in [-0.25, -0.2) is 9.78 Å². The topological polar surface area (TPSA) is 59.4 Å². The highest BCUT2D eigenvalue weighted by Gasteiger charge is 2.21. The maximum Gasteiger partial charge on any atom is 0.352 e. The normalized spacial score (nSPS) is 11.3. The maximum atomic E-state index is 11.9. The number of nitrogens with zero attached hydrogens (tertiary/aromatic N) is 1. The van der Waals surface area contributed by atoms with Crippen LogP contribution in [0, 0.1) is 0 Å². The SMILES string of the molecule is CC(C)OC(=O)c1sc2nc3ccccc3cc2c1O. The molecule has 0 bridgehead atoms. The molecule has 0 saturated heterocycles. The monoisotopic (exact) mass is 287 g/mol. The average molecular weight is 287 g/mol. The summed E-state index contributed by atoms with van der Waals surface area (Å²) < 4.78 is 5.13. The van der Waals surface area contributed by atoms with Gasteiger partial charge in [0.25, 0.3) is 0 Å². The molecular formula is C15H13NO3S. The molecule has 0 fully saturated rings. The van der Waals surface area contributed by atoms with Gasteiger partial charge in [0, 0.05) is 5.39 Å². The zero-order valence-electron chi connectivity index (χ0n) is 11.1. The first-order valence-electron chi connectivity index (χ1n) is 6.28. The van der Waals surface area contributed by atoms with Gasteiger partial charge in [-0.05, 0) is 26.0 Å². The highest BCUT2D eigenvalue weighted by atomic mass is 32.1. The van der Waals surface area contributed by atoms with Crippen LogP contribution in [-0.4, -0.2) is 22.2 Å². The first-order chi connectivity index (χ1) is 9.56. The van der Waals surface area contributed by atoms with Crippen LogP contribution in [0.1, 0.15) is 23.5 Å². The number of rotatable bonds is 2. The van der Waals surface area contributed by atoms with Crippen LogP contribution in [0.25, 0.3) is 21.1 Å². The Morgan fingerprint density at radius 2 is 2.10 bits per heavy atom. The lowest BCUT2D eigenvalue weighted by Crippen LogP contribution is -2.10. The number of thiophene rings is 1. The van der Waals surface area contributed by atoms with Crippen molar-refractivity contribution in [3.05, 3.63) is 35.2 Å². The van der Waals surface area contributed by atoms with Crippen molar-refractivity contribution in [2.45, 2.75) is 20.0 Å². The van der Waals surface area contributed by atoms with Gasteiger partial charge in [0.1, 0.15) is 4.83 Å². The molecule has 0 aliphatic carbocycles. The number of ether oxygens (including phenoxy) is 1. The molecule has 0 spiro atoms. The Morgan fingerprint density at radius 1 is 1.35 bits per heavy atom. The van der Waals surface area contributed by atoms with Gasteiger partial charge >= 0.3 is 5.97 Å². The third kappa shape index (κ3) is 2.10. The Hall–Kier alpha value is -2.14. The number of benzene rings is 1. The number of carbonyl (C=O) groups excluding carboxylic acids is 1. The van der Waals surface area contributed by atoms with E-state index in [1.54, 1.807) is 13.8 Å². The molecule has 1 N–H and O–H groups in total. The van der Waals surface area contributed by atoms with Crippen molar-refractivity contribution in [3.8, 4) is 5.75 Å². The van der Waals surface area contributed by atoms with Crippen molar-refractivity contribution in [1.29, 1.82) is 0 Å². The quantitative estimate of drug-likeness (QED) is 0.730. The summed E-state index contributed by atoms with van der Waals surface area (Å²) in [4.78, 5) is 17.3. The van der Waals surface area contributed by atoms with E-state index < -0.39 is 5.97 Å². The minimum atomic E-state index is -0.510. The Balaban J connectivity index is 2.18. The molecule has 2 aromatic heterocycles. The second kappa shape index (κ2) is 4.76. The van der Waals surface area contributed by atoms with Crippen LogP contribution in [0.3, 0.4) is 0 Å². The Morgan fingerprint density at radius 3 is 2.85 bits per heavy atom. The smallest absolute Gasteiger partial charge is 0.352 e. The molecule has 0 saturated carbocycles. The van der Waals surface area contributed by atoms with Gasteiger partial charge in [-0.1, -0.05) is 18.2 Å². The van der Waals surface area contributed by atoms with Gasteiger partial charge in [-0.2, -0.15) is 0 Å². The standard InChI is InChI=1S/C15H13NO3S/c1-8(2)19-15(18)13-12(17)10-7-9-5-3-4-6-11(9)16-14(10)20-13/h3-8,17H,1-2H3. The number of carbonyl (C=O) groups is 1. The van der Waals surface area contributed by atoms with Crippen LogP contribution in [0.2, 0.25) is 0 Å². The van der Waals surface area contributed by atoms with Gasteiger partial charge in [0.15, 0.2) is 10.6 Å². The largest absolute Gasteiger partial charge is 0.505 e. The number of aromatic nitrogens is 1. The predicted molar refractivity (Wildman–Crippen MR) is 79.3 cm³/mol. The highest BCUT2D eigenvalue weighted by molar-refractivity contribution is 7.20. The molecule has 0 aliphatic heterocycles. The number of pyridine rings is 1. The van der Waals surface area contributed by atoms with Gasteiger partial charge in [0.2, 0.25) is 0 Å². The molecule has 1 aromatic carbocycles. The number of esters is 1. The third-order valence-electron chi connectivity index (χ3n) is 2.89. The van der Waals surface area contributed by atoms with E-state index in [0.717, 1.165) is 22.2 Å². The van der Waals surface area contributed by atoms with E-state index >= 15 is 0 Å². The summed E-state index contributed by atoms with van der Waals surface area (Å²) in [5, 5.41) is 11.7. The van der Waals surface area contributed by atoms with Gasteiger partial charge in [-0.15, -0.1) is 11.3 Å². The lowest BCUT2D eigenvalue weighted by atomic mass is 10.2. The minimum Gasteiger partial charge on any atom is -0.505 e. The highest BCUT2D eigenvalue weighted by Crippen LogP contribution is 2.37. The van der Waals surface area contributed by atoms with E-state index in [0.29, 0.717) is 10.2 Å². The number of hydrogen-bond acceptors (Lipinski definition) is 5. The zero-order valence-corrected chi connectivity index (χ0v) is 11.9. The molecule has 3 aromatic rings. The second-order valence-corrected chi connectivity index (χ2v) is 5.77. The molecule has 3 rings (SSSR count). The van der Waals surface area contributed by atoms with Crippen LogP contribution in [0.15, 0.2) is 30.3 Å². The molecule has 0 atom stereocenters. The lowest BCUT2D eigenvalue weighted by molar-refractivity contribution is 0.0381. The Labute approximate surface area is 119 Å². The lowest BCUT2D eigenvalue weighted by Gasteiger charge is -2.05. The van der Waals surface area contributed by atoms with Crippen molar-refractivity contribution >= 4 is 38.4 Å². The summed E-state index contributed by atoms with van der Waals surface area (Å²) >= 11 is 1.15. The fourth-order valence-corrected chi connectivity index (χ4v) is 2.96. The molecule has 4 nitrogen and oxygen atoms in total. The van der Waals surface area contributed by atoms with E-state index in [1.165, 1.54) is 0 Å². The van der Waals surface area contributed by atoms with Crippen LogP contribution in [-0.2, 0) is 4.74 Å². The van der Waals surface area contributed by atoms with Crippen LogP contribution < -0.4 is 0 Å². The van der Waals surface area contributed by atoms with Crippen molar-refractivity contribution < 1.29 is 14.6 Å². The molecule has 0 aliphatic rings. The van der Waals surface area contributed by atoms with Crippen molar-refractivity contribution in [3.63, 3.8) is 0 Å². The summed E-state index contributed by atoms with van der Waals surface area (Å²) in [6.07, 6.45) is -0.223. The summed E-state index contributed by atoms with van der Waals surface area (Å²) in [5.74, 6) is -0.557. The Kier molecular flexibility index (Phi) is 3.06. The first kappa shape index (κ1) is 12.9. The maximum absolute atomic E-state index is 11.9. The molecule has 102 valence electrons. The van der Waals surface area contributed by atoms with E-state index in [4.69, 9.17) is 4.74 Å². The van der Waals surface area contributed by atoms with Gasteiger partial charge in [-0.3, -0.25) is 0 Å². The third-order valence-corrected chi connectivity index (χ3v) is 3.95. The van der Waals surface area contributed by atoms with E-state index in [2.05, 4.69) is 4.98 Å². The van der Waals surface area contributed by atoms with E-state index in [1.807, 2.05) is 30.3 Å². The van der Waals surface area contributed by atoms with E-state index in [9.17, 15) is 9.90 Å². The van der Waals surface area contributed by atoms with Crippen molar-refractivity contribution in [2.24, 2.45) is 0 Å². The molecule has 5 heteroatoms. The molecular weight excluding hydrogens is 274 g/mol. The minimum absolute atomic E-state index is 0.0473. The average Bonchev–Trinajstić information content (AvgIpc) is 2.73. The van der Waals surface area contributed by atoms with Gasteiger partial charge in [0.05, 0.1) is 17.0 Å². The number of fused-ring (bicyclic) bond motifs is 2. The molecule has 20 heavy (non-hydrogen) atoms. The summed E-state index contributed by atoms with van der Waals surface area (Å²) in [7, 11) is 0. The van der Waals surface area contributed by atoms with Crippen LogP contribution in [0.4, 0.5) is 0 Å². The first-order valence-corrected chi connectivity index (χ1v) is 7.10. The Bertz CT molecular complexity index is 807. The summed E-state index contributed by atoms with van der Waals surface area (Å²) in [6.45, 7) is 3.55. The molecule has 0 unspecified atom stereocenters.